The number of nitrogens with zero attached hydrogens (tertiary/aromatic N) is 1. The summed E-state index contributed by atoms with van der Waals surface area (Å²) in [5, 5.41) is 2.58. The third kappa shape index (κ3) is 2.92. The molecule has 0 aromatic carbocycles. The highest BCUT2D eigenvalue weighted by molar-refractivity contribution is 5.87. The molecule has 1 aliphatic rings. The second-order valence-corrected chi connectivity index (χ2v) is 3.94. The normalized spacial score (nSPS) is 24.7. The molecule has 0 saturated carbocycles. The third-order valence-corrected chi connectivity index (χ3v) is 2.56. The topological polar surface area (TPSA) is 58.6 Å². The van der Waals surface area contributed by atoms with Gasteiger partial charge in [-0.2, -0.15) is 0 Å². The average molecular weight is 214 g/mol. The summed E-state index contributed by atoms with van der Waals surface area (Å²) < 4.78 is 5.02. The Bertz CT molecular complexity index is 255. The Morgan fingerprint density at radius 2 is 2.27 bits per heavy atom. The van der Waals surface area contributed by atoms with Gasteiger partial charge in [0.15, 0.2) is 0 Å². The molecule has 5 heteroatoms. The maximum Gasteiger partial charge on any atom is 0.242 e. The molecule has 0 bridgehead atoms. The quantitative estimate of drug-likeness (QED) is 0.705. The molecule has 86 valence electrons. The van der Waals surface area contributed by atoms with Gasteiger partial charge < -0.3 is 15.0 Å². The number of amides is 2. The minimum absolute atomic E-state index is 0.00481. The lowest BCUT2D eigenvalue weighted by Crippen LogP contribution is -2.47. The Kier molecular flexibility index (Phi) is 4.08. The van der Waals surface area contributed by atoms with Crippen LogP contribution in [0, 0.1) is 0 Å². The molecule has 1 heterocycles. The van der Waals surface area contributed by atoms with E-state index in [1.807, 2.05) is 13.8 Å². The molecule has 2 amide bonds. The molecule has 1 saturated heterocycles. The molecule has 0 radical (unpaired) electrons. The summed E-state index contributed by atoms with van der Waals surface area (Å²) in [7, 11) is 1.60. The number of rotatable bonds is 3. The van der Waals surface area contributed by atoms with Crippen molar-refractivity contribution in [2.45, 2.75) is 32.4 Å². The zero-order valence-corrected chi connectivity index (χ0v) is 9.45. The molecule has 0 aliphatic carbocycles. The van der Waals surface area contributed by atoms with Crippen molar-refractivity contribution in [2.75, 3.05) is 20.3 Å². The van der Waals surface area contributed by atoms with Gasteiger partial charge in [0.1, 0.15) is 0 Å². The van der Waals surface area contributed by atoms with Gasteiger partial charge in [0.2, 0.25) is 11.8 Å². The first-order chi connectivity index (χ1) is 7.06. The minimum atomic E-state index is -0.0667. The van der Waals surface area contributed by atoms with Crippen LogP contribution in [-0.2, 0) is 14.3 Å². The van der Waals surface area contributed by atoms with E-state index in [4.69, 9.17) is 4.74 Å². The van der Waals surface area contributed by atoms with Gasteiger partial charge in [-0.1, -0.05) is 0 Å². The first-order valence-electron chi connectivity index (χ1n) is 5.13. The highest BCUT2D eigenvalue weighted by Crippen LogP contribution is 2.12. The van der Waals surface area contributed by atoms with Crippen molar-refractivity contribution in [3.05, 3.63) is 0 Å². The molecule has 1 fully saturated rings. The monoisotopic (exact) mass is 214 g/mol. The van der Waals surface area contributed by atoms with E-state index in [0.29, 0.717) is 13.0 Å². The predicted octanol–water partition coefficient (Wildman–Crippen LogP) is -0.242. The van der Waals surface area contributed by atoms with Gasteiger partial charge in [0.05, 0.1) is 19.2 Å². The number of hydrogen-bond acceptors (Lipinski definition) is 3. The SMILES string of the molecule is COCC(C)N1C(=O)CNC(=O)CC1C. The van der Waals surface area contributed by atoms with Crippen LogP contribution in [-0.4, -0.2) is 49.1 Å². The number of hydrogen-bond donors (Lipinski definition) is 1. The Morgan fingerprint density at radius 3 is 2.87 bits per heavy atom. The lowest BCUT2D eigenvalue weighted by molar-refractivity contribution is -0.134. The maximum absolute atomic E-state index is 11.7. The molecular weight excluding hydrogens is 196 g/mol. The molecule has 2 unspecified atom stereocenters. The van der Waals surface area contributed by atoms with E-state index in [9.17, 15) is 9.59 Å². The van der Waals surface area contributed by atoms with Crippen molar-refractivity contribution in [3.8, 4) is 0 Å². The number of nitrogens with one attached hydrogen (secondary N) is 1. The van der Waals surface area contributed by atoms with Crippen LogP contribution in [0.5, 0.6) is 0 Å². The molecule has 1 N–H and O–H groups in total. The van der Waals surface area contributed by atoms with Crippen LogP contribution in [0.1, 0.15) is 20.3 Å². The Morgan fingerprint density at radius 1 is 1.60 bits per heavy atom. The zero-order chi connectivity index (χ0) is 11.4. The molecule has 2 atom stereocenters. The fourth-order valence-electron chi connectivity index (χ4n) is 1.95. The largest absolute Gasteiger partial charge is 0.383 e. The summed E-state index contributed by atoms with van der Waals surface area (Å²) in [5.41, 5.74) is 0. The predicted molar refractivity (Wildman–Crippen MR) is 55.3 cm³/mol. The van der Waals surface area contributed by atoms with E-state index in [1.54, 1.807) is 12.0 Å². The van der Waals surface area contributed by atoms with E-state index in [0.717, 1.165) is 0 Å². The smallest absolute Gasteiger partial charge is 0.242 e. The van der Waals surface area contributed by atoms with Crippen LogP contribution < -0.4 is 5.32 Å². The summed E-state index contributed by atoms with van der Waals surface area (Å²) in [5.74, 6) is -0.110. The lowest BCUT2D eigenvalue weighted by atomic mass is 10.1. The summed E-state index contributed by atoms with van der Waals surface area (Å²) in [6.07, 6.45) is 0.361. The fourth-order valence-corrected chi connectivity index (χ4v) is 1.95. The number of methoxy groups -OCH3 is 1. The minimum Gasteiger partial charge on any atom is -0.383 e. The van der Waals surface area contributed by atoms with Crippen LogP contribution in [0.4, 0.5) is 0 Å². The first kappa shape index (κ1) is 12.0. The van der Waals surface area contributed by atoms with Crippen molar-refractivity contribution in [1.29, 1.82) is 0 Å². The van der Waals surface area contributed by atoms with Gasteiger partial charge in [-0.25, -0.2) is 0 Å². The van der Waals surface area contributed by atoms with Crippen LogP contribution in [0.25, 0.3) is 0 Å². The highest BCUT2D eigenvalue weighted by Gasteiger charge is 2.29. The van der Waals surface area contributed by atoms with Gasteiger partial charge in [0.25, 0.3) is 0 Å². The first-order valence-corrected chi connectivity index (χ1v) is 5.13. The summed E-state index contributed by atoms with van der Waals surface area (Å²) >= 11 is 0. The molecule has 0 aromatic heterocycles. The third-order valence-electron chi connectivity index (χ3n) is 2.56. The van der Waals surface area contributed by atoms with E-state index in [1.165, 1.54) is 0 Å². The Balaban J connectivity index is 2.73. The number of ether oxygens (including phenoxy) is 1. The molecule has 15 heavy (non-hydrogen) atoms. The number of carbonyl (C=O) groups excluding carboxylic acids is 2. The second kappa shape index (κ2) is 5.11. The van der Waals surface area contributed by atoms with E-state index in [-0.39, 0.29) is 30.4 Å². The van der Waals surface area contributed by atoms with Crippen molar-refractivity contribution in [3.63, 3.8) is 0 Å². The van der Waals surface area contributed by atoms with E-state index >= 15 is 0 Å². The summed E-state index contributed by atoms with van der Waals surface area (Å²) in [6, 6.07) is -0.0599. The summed E-state index contributed by atoms with van der Waals surface area (Å²) in [4.78, 5) is 24.7. The van der Waals surface area contributed by atoms with Crippen molar-refractivity contribution < 1.29 is 14.3 Å². The Labute approximate surface area is 89.8 Å². The van der Waals surface area contributed by atoms with Crippen molar-refractivity contribution in [1.82, 2.24) is 10.2 Å². The zero-order valence-electron chi connectivity index (χ0n) is 9.45. The molecule has 0 spiro atoms. The molecule has 0 aromatic rings. The van der Waals surface area contributed by atoms with Crippen molar-refractivity contribution in [2.24, 2.45) is 0 Å². The standard InChI is InChI=1S/C10H18N2O3/c1-7-4-9(13)11-5-10(14)12(7)8(2)6-15-3/h7-8H,4-6H2,1-3H3,(H,11,13). The molecule has 1 aliphatic heterocycles. The second-order valence-electron chi connectivity index (χ2n) is 3.94. The van der Waals surface area contributed by atoms with Gasteiger partial charge in [-0.3, -0.25) is 9.59 Å². The Hall–Kier alpha value is -1.10. The average Bonchev–Trinajstić information content (AvgIpc) is 2.26. The highest BCUT2D eigenvalue weighted by atomic mass is 16.5. The van der Waals surface area contributed by atoms with Gasteiger partial charge >= 0.3 is 0 Å². The summed E-state index contributed by atoms with van der Waals surface area (Å²) in [6.45, 7) is 4.39. The molecule has 1 rings (SSSR count). The molecule has 5 nitrogen and oxygen atoms in total. The van der Waals surface area contributed by atoms with E-state index in [2.05, 4.69) is 5.32 Å². The fraction of sp³-hybridized carbons (Fsp3) is 0.800. The van der Waals surface area contributed by atoms with Crippen LogP contribution in [0.2, 0.25) is 0 Å². The molecular formula is C10H18N2O3. The van der Waals surface area contributed by atoms with Crippen LogP contribution in [0.15, 0.2) is 0 Å². The lowest BCUT2D eigenvalue weighted by Gasteiger charge is -2.32. The van der Waals surface area contributed by atoms with Gasteiger partial charge in [0, 0.05) is 19.6 Å². The maximum atomic E-state index is 11.7. The van der Waals surface area contributed by atoms with Crippen LogP contribution in [0.3, 0.4) is 0 Å². The van der Waals surface area contributed by atoms with Crippen LogP contribution >= 0.6 is 0 Å². The van der Waals surface area contributed by atoms with Gasteiger partial charge in [-0.15, -0.1) is 0 Å². The van der Waals surface area contributed by atoms with Gasteiger partial charge in [-0.05, 0) is 13.8 Å². The van der Waals surface area contributed by atoms with E-state index < -0.39 is 0 Å². The number of carbonyl (C=O) groups is 2. The van der Waals surface area contributed by atoms with Crippen molar-refractivity contribution >= 4 is 11.8 Å².